The van der Waals surface area contributed by atoms with Crippen molar-refractivity contribution in [2.75, 3.05) is 13.1 Å². The zero-order valence-corrected chi connectivity index (χ0v) is 9.19. The summed E-state index contributed by atoms with van der Waals surface area (Å²) in [5, 5.41) is 7.75. The molecule has 88 valence electrons. The third-order valence-electron chi connectivity index (χ3n) is 3.03. The highest BCUT2D eigenvalue weighted by Gasteiger charge is 2.28. The lowest BCUT2D eigenvalue weighted by atomic mass is 10.3. The van der Waals surface area contributed by atoms with E-state index in [1.54, 1.807) is 12.3 Å². The molecule has 1 fully saturated rings. The normalized spacial score (nSPS) is 19.8. The summed E-state index contributed by atoms with van der Waals surface area (Å²) >= 11 is 0. The van der Waals surface area contributed by atoms with Crippen molar-refractivity contribution in [2.45, 2.75) is 12.5 Å². The van der Waals surface area contributed by atoms with E-state index in [2.05, 4.69) is 10.3 Å². The minimum atomic E-state index is 0.0152. The van der Waals surface area contributed by atoms with Crippen LogP contribution in [0.2, 0.25) is 0 Å². The Hall–Kier alpha value is -2.11. The largest absolute Gasteiger partial charge is 0.472 e. The molecule has 1 amide bonds. The molecule has 1 saturated heterocycles. The van der Waals surface area contributed by atoms with Gasteiger partial charge in [0, 0.05) is 19.3 Å². The zero-order chi connectivity index (χ0) is 11.7. The summed E-state index contributed by atoms with van der Waals surface area (Å²) in [6.07, 6.45) is 7.38. The maximum absolute atomic E-state index is 12.0. The van der Waals surface area contributed by atoms with E-state index in [4.69, 9.17) is 4.42 Å². The smallest absolute Gasteiger partial charge is 0.257 e. The van der Waals surface area contributed by atoms with Gasteiger partial charge in [0.15, 0.2) is 0 Å². The summed E-state index contributed by atoms with van der Waals surface area (Å²) in [5.74, 6) is 0.0152. The van der Waals surface area contributed by atoms with E-state index in [9.17, 15) is 4.79 Å². The molecule has 0 saturated carbocycles. The monoisotopic (exact) mass is 232 g/mol. The molecule has 17 heavy (non-hydrogen) atoms. The number of hydrogen-bond acceptors (Lipinski definition) is 4. The van der Waals surface area contributed by atoms with Crippen LogP contribution in [0.5, 0.6) is 0 Å². The number of furan rings is 1. The van der Waals surface area contributed by atoms with E-state index in [0.29, 0.717) is 12.1 Å². The van der Waals surface area contributed by atoms with Crippen molar-refractivity contribution in [1.29, 1.82) is 0 Å². The maximum Gasteiger partial charge on any atom is 0.257 e. The van der Waals surface area contributed by atoms with Gasteiger partial charge < -0.3 is 9.32 Å². The van der Waals surface area contributed by atoms with Crippen molar-refractivity contribution < 1.29 is 9.21 Å². The van der Waals surface area contributed by atoms with Gasteiger partial charge in [-0.25, -0.2) is 4.68 Å². The highest BCUT2D eigenvalue weighted by Crippen LogP contribution is 2.22. The number of likely N-dealkylation sites (tertiary alicyclic amines) is 1. The first-order chi connectivity index (χ1) is 8.34. The summed E-state index contributed by atoms with van der Waals surface area (Å²) in [6.45, 7) is 1.42. The molecule has 0 aliphatic carbocycles. The van der Waals surface area contributed by atoms with Gasteiger partial charge in [0.05, 0.1) is 24.1 Å². The highest BCUT2D eigenvalue weighted by molar-refractivity contribution is 5.94. The van der Waals surface area contributed by atoms with Gasteiger partial charge in [0.1, 0.15) is 6.26 Å². The van der Waals surface area contributed by atoms with Crippen LogP contribution in [0.1, 0.15) is 22.8 Å². The van der Waals surface area contributed by atoms with Gasteiger partial charge in [-0.3, -0.25) is 4.79 Å². The lowest BCUT2D eigenvalue weighted by molar-refractivity contribution is 0.0786. The molecule has 2 aromatic rings. The van der Waals surface area contributed by atoms with Crippen LogP contribution in [0, 0.1) is 0 Å². The molecule has 0 aromatic carbocycles. The fourth-order valence-electron chi connectivity index (χ4n) is 2.12. The van der Waals surface area contributed by atoms with Crippen LogP contribution in [0.15, 0.2) is 35.4 Å². The Bertz CT molecular complexity index is 492. The molecule has 1 atom stereocenters. The Morgan fingerprint density at radius 1 is 1.53 bits per heavy atom. The van der Waals surface area contributed by atoms with E-state index in [1.807, 2.05) is 15.8 Å². The molecule has 1 aliphatic heterocycles. The summed E-state index contributed by atoms with van der Waals surface area (Å²) in [4.78, 5) is 13.9. The van der Waals surface area contributed by atoms with E-state index in [1.165, 1.54) is 12.5 Å². The van der Waals surface area contributed by atoms with Crippen LogP contribution < -0.4 is 0 Å². The van der Waals surface area contributed by atoms with E-state index >= 15 is 0 Å². The average Bonchev–Trinajstić information content (AvgIpc) is 3.09. The average molecular weight is 232 g/mol. The molecular formula is C11H12N4O2. The second-order valence-corrected chi connectivity index (χ2v) is 4.09. The second-order valence-electron chi connectivity index (χ2n) is 4.09. The highest BCUT2D eigenvalue weighted by atomic mass is 16.3. The lowest BCUT2D eigenvalue weighted by Crippen LogP contribution is -2.28. The van der Waals surface area contributed by atoms with Gasteiger partial charge >= 0.3 is 0 Å². The van der Waals surface area contributed by atoms with E-state index in [0.717, 1.165) is 13.0 Å². The molecule has 0 spiro atoms. The maximum atomic E-state index is 12.0. The van der Waals surface area contributed by atoms with Crippen molar-refractivity contribution in [3.05, 3.63) is 36.5 Å². The number of carbonyl (C=O) groups is 1. The van der Waals surface area contributed by atoms with Gasteiger partial charge in [0.25, 0.3) is 5.91 Å². The van der Waals surface area contributed by atoms with E-state index < -0.39 is 0 Å². The van der Waals surface area contributed by atoms with Crippen LogP contribution >= 0.6 is 0 Å². The first kappa shape index (κ1) is 10.1. The molecule has 0 N–H and O–H groups in total. The molecule has 0 radical (unpaired) electrons. The summed E-state index contributed by atoms with van der Waals surface area (Å²) in [5.41, 5.74) is 0.601. The topological polar surface area (TPSA) is 64.2 Å². The number of amides is 1. The number of aromatic nitrogens is 3. The van der Waals surface area contributed by atoms with Crippen LogP contribution in [-0.2, 0) is 0 Å². The predicted octanol–water partition coefficient (Wildman–Crippen LogP) is 0.958. The Labute approximate surface area is 97.8 Å². The third kappa shape index (κ3) is 1.82. The Morgan fingerprint density at radius 2 is 2.47 bits per heavy atom. The lowest BCUT2D eigenvalue weighted by Gasteiger charge is -2.15. The fourth-order valence-corrected chi connectivity index (χ4v) is 2.12. The minimum Gasteiger partial charge on any atom is -0.472 e. The minimum absolute atomic E-state index is 0.0152. The van der Waals surface area contributed by atoms with Gasteiger partial charge in [-0.2, -0.15) is 0 Å². The molecule has 3 rings (SSSR count). The molecule has 6 nitrogen and oxygen atoms in total. The first-order valence-corrected chi connectivity index (χ1v) is 5.52. The fraction of sp³-hybridized carbons (Fsp3) is 0.364. The quantitative estimate of drug-likeness (QED) is 0.773. The third-order valence-corrected chi connectivity index (χ3v) is 3.03. The van der Waals surface area contributed by atoms with Crippen molar-refractivity contribution in [3.63, 3.8) is 0 Å². The van der Waals surface area contributed by atoms with Crippen LogP contribution in [-0.4, -0.2) is 38.9 Å². The number of nitrogens with zero attached hydrogens (tertiary/aromatic N) is 4. The molecule has 3 heterocycles. The van der Waals surface area contributed by atoms with Crippen LogP contribution in [0.3, 0.4) is 0 Å². The van der Waals surface area contributed by atoms with Crippen molar-refractivity contribution in [3.8, 4) is 0 Å². The number of rotatable bonds is 2. The van der Waals surface area contributed by atoms with Crippen LogP contribution in [0.25, 0.3) is 0 Å². The second kappa shape index (κ2) is 4.04. The van der Waals surface area contributed by atoms with Crippen LogP contribution in [0.4, 0.5) is 0 Å². The van der Waals surface area contributed by atoms with Gasteiger partial charge in [0.2, 0.25) is 0 Å². The summed E-state index contributed by atoms with van der Waals surface area (Å²) < 4.78 is 6.73. The Balaban J connectivity index is 1.70. The van der Waals surface area contributed by atoms with Crippen molar-refractivity contribution in [1.82, 2.24) is 19.9 Å². The number of carbonyl (C=O) groups excluding carboxylic acids is 1. The summed E-state index contributed by atoms with van der Waals surface area (Å²) in [7, 11) is 0. The summed E-state index contributed by atoms with van der Waals surface area (Å²) in [6, 6.07) is 1.92. The van der Waals surface area contributed by atoms with Gasteiger partial charge in [-0.05, 0) is 12.5 Å². The van der Waals surface area contributed by atoms with Crippen molar-refractivity contribution >= 4 is 5.91 Å². The molecular weight excluding hydrogens is 220 g/mol. The molecule has 0 bridgehead atoms. The molecule has 0 unspecified atom stereocenters. The standard InChI is InChI=1S/C11H12N4O2/c16-11(9-2-6-17-8-9)14-4-1-10(7-14)15-5-3-12-13-15/h2-3,5-6,8,10H,1,4,7H2/t10-/m1/s1. The SMILES string of the molecule is O=C(c1ccoc1)N1CC[C@@H](n2ccnn2)C1. The number of hydrogen-bond donors (Lipinski definition) is 0. The molecule has 6 heteroatoms. The van der Waals surface area contributed by atoms with Gasteiger partial charge in [-0.15, -0.1) is 5.10 Å². The van der Waals surface area contributed by atoms with Crippen molar-refractivity contribution in [2.24, 2.45) is 0 Å². The van der Waals surface area contributed by atoms with Gasteiger partial charge in [-0.1, -0.05) is 5.21 Å². The Kier molecular flexibility index (Phi) is 2.40. The first-order valence-electron chi connectivity index (χ1n) is 5.52. The molecule has 2 aromatic heterocycles. The van der Waals surface area contributed by atoms with E-state index in [-0.39, 0.29) is 11.9 Å². The Morgan fingerprint density at radius 3 is 3.18 bits per heavy atom. The predicted molar refractivity (Wildman–Crippen MR) is 58.3 cm³/mol. The zero-order valence-electron chi connectivity index (χ0n) is 9.19. The molecule has 1 aliphatic rings.